The summed E-state index contributed by atoms with van der Waals surface area (Å²) in [5.41, 5.74) is 5.54. The molecule has 0 fully saturated rings. The van der Waals surface area contributed by atoms with E-state index in [1.165, 1.54) is 24.3 Å². The largest absolute Gasteiger partial charge is 0.572 e. The normalized spacial score (nSPS) is 12.7. The van der Waals surface area contributed by atoms with Crippen molar-refractivity contribution in [2.75, 3.05) is 4.72 Å². The van der Waals surface area contributed by atoms with Gasteiger partial charge in [0, 0.05) is 11.1 Å². The van der Waals surface area contributed by atoms with E-state index in [0.29, 0.717) is 28.1 Å². The topological polar surface area (TPSA) is 111 Å². The standard InChI is InChI=1S/C29H25N2O5S2/c1-17-5-7-19(3)27(13-17)30-37(33,34)21-9-11-23-24-12-10-22(16-26(24)29(32)25(23)15-21)38(35,36)31-28-14-18(2)6-8-20(28)4/h5-16,30H,1-4H3/q-1. The molecule has 0 heterocycles. The number of sulfonamides is 2. The van der Waals surface area contributed by atoms with Crippen molar-refractivity contribution in [3.05, 3.63) is 111 Å². The van der Waals surface area contributed by atoms with Gasteiger partial charge in [-0.05, 0) is 80.3 Å². The number of nitrogens with one attached hydrogen (secondary N) is 1. The van der Waals surface area contributed by atoms with Crippen LogP contribution < -0.4 is 4.72 Å². The third-order valence-corrected chi connectivity index (χ3v) is 9.24. The highest BCUT2D eigenvalue weighted by atomic mass is 32.2. The molecule has 1 aliphatic carbocycles. The Balaban J connectivity index is 1.47. The van der Waals surface area contributed by atoms with E-state index >= 15 is 0 Å². The van der Waals surface area contributed by atoms with Gasteiger partial charge in [-0.3, -0.25) is 9.52 Å². The van der Waals surface area contributed by atoms with E-state index in [1.807, 2.05) is 32.0 Å². The average Bonchev–Trinajstić information content (AvgIpc) is 3.14. The molecule has 0 saturated carbocycles. The third kappa shape index (κ3) is 4.59. The minimum atomic E-state index is -4.09. The Bertz CT molecular complexity index is 1730. The van der Waals surface area contributed by atoms with Gasteiger partial charge in [0.1, 0.15) is 10.0 Å². The number of nitrogens with zero attached hydrogens (tertiary/aromatic N) is 1. The Kier molecular flexibility index (Phi) is 6.16. The molecule has 0 unspecified atom stereocenters. The zero-order valence-electron chi connectivity index (χ0n) is 21.2. The van der Waals surface area contributed by atoms with Gasteiger partial charge in [-0.15, -0.1) is 5.69 Å². The highest BCUT2D eigenvalue weighted by Crippen LogP contribution is 2.40. The molecule has 0 saturated heterocycles. The lowest BCUT2D eigenvalue weighted by Gasteiger charge is -2.24. The molecule has 9 heteroatoms. The Labute approximate surface area is 222 Å². The SMILES string of the molecule is Cc1ccc(C)c([N-]S(=O)(=O)c2ccc3c(c2)C(=O)c2cc(S(=O)(=O)Nc4cc(C)ccc4C)ccc2-3)c1. The highest BCUT2D eigenvalue weighted by molar-refractivity contribution is 7.94. The molecule has 0 radical (unpaired) electrons. The zero-order valence-corrected chi connectivity index (χ0v) is 22.9. The molecule has 4 aromatic carbocycles. The van der Waals surface area contributed by atoms with Gasteiger partial charge in [-0.2, -0.15) is 0 Å². The summed E-state index contributed by atoms with van der Waals surface area (Å²) in [7, 11) is -8.06. The molecule has 38 heavy (non-hydrogen) atoms. The fourth-order valence-corrected chi connectivity index (χ4v) is 6.63. The fraction of sp³-hybridized carbons (Fsp3) is 0.138. The number of fused-ring (bicyclic) bond motifs is 3. The van der Waals surface area contributed by atoms with Gasteiger partial charge in [0.05, 0.1) is 15.5 Å². The number of carbonyl (C=O) groups is 1. The number of hydrogen-bond acceptors (Lipinski definition) is 5. The van der Waals surface area contributed by atoms with Gasteiger partial charge in [-0.1, -0.05) is 53.6 Å². The van der Waals surface area contributed by atoms with Crippen LogP contribution in [0.3, 0.4) is 0 Å². The number of hydrogen-bond donors (Lipinski definition) is 1. The first kappa shape index (κ1) is 25.7. The minimum Gasteiger partial charge on any atom is -0.572 e. The van der Waals surface area contributed by atoms with Gasteiger partial charge in [0.2, 0.25) is 0 Å². The third-order valence-electron chi connectivity index (χ3n) is 6.59. The van der Waals surface area contributed by atoms with Gasteiger partial charge in [-0.25, -0.2) is 16.8 Å². The molecule has 1 aliphatic rings. The second-order valence-corrected chi connectivity index (χ2v) is 12.8. The van der Waals surface area contributed by atoms with Gasteiger partial charge in [0.15, 0.2) is 5.78 Å². The molecular formula is C29H25N2O5S2-. The molecule has 1 N–H and O–H groups in total. The van der Waals surface area contributed by atoms with Crippen molar-refractivity contribution in [2.45, 2.75) is 37.5 Å². The smallest absolute Gasteiger partial charge is 0.261 e. The summed E-state index contributed by atoms with van der Waals surface area (Å²) >= 11 is 0. The van der Waals surface area contributed by atoms with E-state index in [-0.39, 0.29) is 20.9 Å². The lowest BCUT2D eigenvalue weighted by Crippen LogP contribution is -2.14. The van der Waals surface area contributed by atoms with Gasteiger partial charge in [0.25, 0.3) is 10.0 Å². The Hall–Kier alpha value is -3.95. The quantitative estimate of drug-likeness (QED) is 0.268. The van der Waals surface area contributed by atoms with E-state index in [9.17, 15) is 21.6 Å². The predicted molar refractivity (Wildman–Crippen MR) is 148 cm³/mol. The maximum absolute atomic E-state index is 13.3. The molecule has 0 amide bonds. The van der Waals surface area contributed by atoms with Crippen molar-refractivity contribution in [2.24, 2.45) is 0 Å². The molecule has 0 spiro atoms. The second-order valence-electron chi connectivity index (χ2n) is 9.52. The van der Waals surface area contributed by atoms with Crippen LogP contribution in [0.15, 0.2) is 82.6 Å². The van der Waals surface area contributed by atoms with Gasteiger partial charge < -0.3 is 4.72 Å². The first-order valence-corrected chi connectivity index (χ1v) is 14.8. The minimum absolute atomic E-state index is 0.0592. The number of rotatable bonds is 6. The van der Waals surface area contributed by atoms with Crippen LogP contribution in [0.25, 0.3) is 15.8 Å². The van der Waals surface area contributed by atoms with E-state index < -0.39 is 25.8 Å². The van der Waals surface area contributed by atoms with E-state index in [2.05, 4.69) is 9.44 Å². The number of carbonyl (C=O) groups excluding carboxylic acids is 1. The van der Waals surface area contributed by atoms with E-state index in [0.717, 1.165) is 16.7 Å². The lowest BCUT2D eigenvalue weighted by molar-refractivity contribution is 0.104. The Morgan fingerprint density at radius 3 is 1.82 bits per heavy atom. The number of anilines is 1. The second kappa shape index (κ2) is 9.11. The van der Waals surface area contributed by atoms with Crippen LogP contribution in [0.2, 0.25) is 0 Å². The van der Waals surface area contributed by atoms with Crippen LogP contribution in [0.1, 0.15) is 38.2 Å². The lowest BCUT2D eigenvalue weighted by atomic mass is 10.1. The molecular weight excluding hydrogens is 520 g/mol. The Morgan fingerprint density at radius 2 is 1.16 bits per heavy atom. The number of aryl methyl sites for hydroxylation is 4. The van der Waals surface area contributed by atoms with Gasteiger partial charge >= 0.3 is 0 Å². The van der Waals surface area contributed by atoms with Crippen LogP contribution in [0, 0.1) is 27.7 Å². The van der Waals surface area contributed by atoms with Crippen molar-refractivity contribution in [3.63, 3.8) is 0 Å². The molecule has 0 bridgehead atoms. The average molecular weight is 546 g/mol. The first-order valence-electron chi connectivity index (χ1n) is 11.8. The number of benzene rings is 4. The number of ketones is 1. The van der Waals surface area contributed by atoms with Crippen LogP contribution in [-0.2, 0) is 20.0 Å². The summed E-state index contributed by atoms with van der Waals surface area (Å²) in [5, 5.41) is 0. The molecule has 194 valence electrons. The monoisotopic (exact) mass is 545 g/mol. The summed E-state index contributed by atoms with van der Waals surface area (Å²) in [4.78, 5) is 13.2. The maximum atomic E-state index is 13.3. The molecule has 0 atom stereocenters. The summed E-state index contributed by atoms with van der Waals surface area (Å²) in [6.45, 7) is 7.30. The summed E-state index contributed by atoms with van der Waals surface area (Å²) in [5.74, 6) is -0.442. The maximum Gasteiger partial charge on any atom is 0.261 e. The molecule has 0 aliphatic heterocycles. The van der Waals surface area contributed by atoms with Crippen molar-refractivity contribution >= 4 is 37.2 Å². The highest BCUT2D eigenvalue weighted by Gasteiger charge is 2.30. The van der Waals surface area contributed by atoms with Crippen LogP contribution in [0.4, 0.5) is 11.4 Å². The first-order chi connectivity index (χ1) is 17.9. The van der Waals surface area contributed by atoms with Crippen LogP contribution in [0.5, 0.6) is 0 Å². The van der Waals surface area contributed by atoms with Crippen molar-refractivity contribution < 1.29 is 21.6 Å². The van der Waals surface area contributed by atoms with Crippen molar-refractivity contribution in [1.29, 1.82) is 0 Å². The summed E-state index contributed by atoms with van der Waals surface area (Å²) < 4.78 is 59.1. The van der Waals surface area contributed by atoms with Crippen LogP contribution >= 0.6 is 0 Å². The fourth-order valence-electron chi connectivity index (χ4n) is 4.41. The summed E-state index contributed by atoms with van der Waals surface area (Å²) in [6, 6.07) is 19.5. The van der Waals surface area contributed by atoms with Crippen molar-refractivity contribution in [3.8, 4) is 11.1 Å². The van der Waals surface area contributed by atoms with E-state index in [4.69, 9.17) is 0 Å². The predicted octanol–water partition coefficient (Wildman–Crippen LogP) is 6.33. The molecule has 7 nitrogen and oxygen atoms in total. The zero-order chi connectivity index (χ0) is 27.4. The molecule has 4 aromatic rings. The van der Waals surface area contributed by atoms with Crippen LogP contribution in [-0.4, -0.2) is 22.6 Å². The summed E-state index contributed by atoms with van der Waals surface area (Å²) in [6.07, 6.45) is 0. The molecule has 0 aromatic heterocycles. The molecule has 5 rings (SSSR count). The van der Waals surface area contributed by atoms with E-state index in [1.54, 1.807) is 44.2 Å². The Morgan fingerprint density at radius 1 is 0.605 bits per heavy atom. The van der Waals surface area contributed by atoms with Crippen molar-refractivity contribution in [1.82, 2.24) is 0 Å².